The maximum atomic E-state index is 11.9. The number of para-hydroxylation sites is 1. The second-order valence-electron chi connectivity index (χ2n) is 9.25. The number of primary amides is 1. The van der Waals surface area contributed by atoms with E-state index in [0.717, 1.165) is 56.7 Å². The Balaban J connectivity index is 1.26. The van der Waals surface area contributed by atoms with Crippen molar-refractivity contribution >= 4 is 23.4 Å². The summed E-state index contributed by atoms with van der Waals surface area (Å²) in [7, 11) is 0. The third kappa shape index (κ3) is 6.23. The number of hydrogen-bond donors (Lipinski definition) is 2. The summed E-state index contributed by atoms with van der Waals surface area (Å²) < 4.78 is 0. The van der Waals surface area contributed by atoms with Gasteiger partial charge in [-0.1, -0.05) is 42.5 Å². The predicted molar refractivity (Wildman–Crippen MR) is 145 cm³/mol. The zero-order valence-corrected chi connectivity index (χ0v) is 20.8. The molecule has 1 aliphatic heterocycles. The number of rotatable bonds is 9. The summed E-state index contributed by atoms with van der Waals surface area (Å²) in [4.78, 5) is 29.7. The van der Waals surface area contributed by atoms with Crippen LogP contribution in [0, 0.1) is 6.92 Å². The standard InChI is InChI=1S/C29H34N4O3/c1-22-7-2-3-10-27(22)32-19-17-31(18-20-32)15-4-5-16-33(29(35)36)26-13-11-23(12-14-26)24-8-6-9-25(21-24)28(30)34/h2-3,6-14,21H,4-5,15-20H2,1H3,(H2,30,34)(H,35,36). The van der Waals surface area contributed by atoms with Gasteiger partial charge in [0.15, 0.2) is 0 Å². The first kappa shape index (κ1) is 25.3. The van der Waals surface area contributed by atoms with Gasteiger partial charge in [0.25, 0.3) is 0 Å². The quantitative estimate of drug-likeness (QED) is 0.422. The van der Waals surface area contributed by atoms with E-state index in [1.165, 1.54) is 16.2 Å². The van der Waals surface area contributed by atoms with Crippen molar-refractivity contribution in [2.45, 2.75) is 19.8 Å². The van der Waals surface area contributed by atoms with Gasteiger partial charge >= 0.3 is 6.09 Å². The molecule has 0 aliphatic carbocycles. The summed E-state index contributed by atoms with van der Waals surface area (Å²) in [5, 5.41) is 9.78. The second kappa shape index (κ2) is 11.7. The number of carbonyl (C=O) groups excluding carboxylic acids is 1. The molecule has 4 rings (SSSR count). The van der Waals surface area contributed by atoms with Crippen LogP contribution in [0.2, 0.25) is 0 Å². The number of carbonyl (C=O) groups is 2. The molecule has 0 atom stereocenters. The van der Waals surface area contributed by atoms with Gasteiger partial charge in [0, 0.05) is 49.7 Å². The first-order valence-electron chi connectivity index (χ1n) is 12.5. The fourth-order valence-electron chi connectivity index (χ4n) is 4.76. The molecule has 0 aromatic heterocycles. The van der Waals surface area contributed by atoms with Crippen molar-refractivity contribution in [2.24, 2.45) is 5.73 Å². The van der Waals surface area contributed by atoms with Gasteiger partial charge in [-0.05, 0) is 73.3 Å². The summed E-state index contributed by atoms with van der Waals surface area (Å²) in [6, 6.07) is 23.0. The summed E-state index contributed by atoms with van der Waals surface area (Å²) in [6.07, 6.45) is 0.795. The third-order valence-corrected chi connectivity index (χ3v) is 6.82. The molecule has 0 unspecified atom stereocenters. The zero-order valence-electron chi connectivity index (χ0n) is 20.8. The van der Waals surface area contributed by atoms with Gasteiger partial charge in [0.2, 0.25) is 5.91 Å². The van der Waals surface area contributed by atoms with Crippen molar-refractivity contribution in [3.63, 3.8) is 0 Å². The highest BCUT2D eigenvalue weighted by Gasteiger charge is 2.19. The van der Waals surface area contributed by atoms with Crippen molar-refractivity contribution in [1.82, 2.24) is 4.90 Å². The number of piperazine rings is 1. The van der Waals surface area contributed by atoms with E-state index in [4.69, 9.17) is 5.73 Å². The highest BCUT2D eigenvalue weighted by atomic mass is 16.4. The van der Waals surface area contributed by atoms with E-state index in [2.05, 4.69) is 41.0 Å². The first-order valence-corrected chi connectivity index (χ1v) is 12.5. The molecule has 1 aliphatic rings. The number of anilines is 2. The van der Waals surface area contributed by atoms with E-state index >= 15 is 0 Å². The highest BCUT2D eigenvalue weighted by molar-refractivity contribution is 5.94. The monoisotopic (exact) mass is 486 g/mol. The number of hydrogen-bond acceptors (Lipinski definition) is 4. The number of nitrogens with two attached hydrogens (primary N) is 1. The van der Waals surface area contributed by atoms with Gasteiger partial charge < -0.3 is 15.7 Å². The fraction of sp³-hybridized carbons (Fsp3) is 0.310. The maximum absolute atomic E-state index is 11.9. The molecule has 0 spiro atoms. The van der Waals surface area contributed by atoms with Gasteiger partial charge in [-0.15, -0.1) is 0 Å². The van der Waals surface area contributed by atoms with Crippen molar-refractivity contribution in [1.29, 1.82) is 0 Å². The molecule has 2 amide bonds. The third-order valence-electron chi connectivity index (χ3n) is 6.82. The SMILES string of the molecule is Cc1ccccc1N1CCN(CCCCN(C(=O)O)c2ccc(-c3cccc(C(N)=O)c3)cc2)CC1. The van der Waals surface area contributed by atoms with Crippen LogP contribution < -0.4 is 15.5 Å². The van der Waals surface area contributed by atoms with Gasteiger partial charge in [0.05, 0.1) is 0 Å². The summed E-state index contributed by atoms with van der Waals surface area (Å²) >= 11 is 0. The van der Waals surface area contributed by atoms with Crippen LogP contribution in [0.25, 0.3) is 11.1 Å². The average Bonchev–Trinajstić information content (AvgIpc) is 2.89. The van der Waals surface area contributed by atoms with E-state index in [9.17, 15) is 14.7 Å². The topological polar surface area (TPSA) is 90.1 Å². The Kier molecular flexibility index (Phi) is 8.23. The number of amides is 2. The number of benzene rings is 3. The minimum absolute atomic E-state index is 0.445. The lowest BCUT2D eigenvalue weighted by Crippen LogP contribution is -2.47. The summed E-state index contributed by atoms with van der Waals surface area (Å²) in [6.45, 7) is 7.66. The Morgan fingerprint density at radius 3 is 2.28 bits per heavy atom. The number of aryl methyl sites for hydroxylation is 1. The van der Waals surface area contributed by atoms with Crippen LogP contribution in [0.3, 0.4) is 0 Å². The predicted octanol–water partition coefficient (Wildman–Crippen LogP) is 4.85. The van der Waals surface area contributed by atoms with Crippen LogP contribution in [0.4, 0.5) is 16.2 Å². The average molecular weight is 487 g/mol. The van der Waals surface area contributed by atoms with E-state index in [0.29, 0.717) is 17.8 Å². The van der Waals surface area contributed by atoms with Crippen LogP contribution in [0.15, 0.2) is 72.8 Å². The highest BCUT2D eigenvalue weighted by Crippen LogP contribution is 2.25. The molecular weight excluding hydrogens is 452 g/mol. The normalized spacial score (nSPS) is 14.0. The number of carboxylic acid groups (broad SMARTS) is 1. The molecule has 188 valence electrons. The molecule has 1 saturated heterocycles. The van der Waals surface area contributed by atoms with Crippen molar-refractivity contribution in [3.8, 4) is 11.1 Å². The van der Waals surface area contributed by atoms with Gasteiger partial charge in [0.1, 0.15) is 0 Å². The van der Waals surface area contributed by atoms with E-state index in [1.54, 1.807) is 18.2 Å². The smallest absolute Gasteiger partial charge is 0.411 e. The van der Waals surface area contributed by atoms with Crippen LogP contribution in [0.5, 0.6) is 0 Å². The Bertz CT molecular complexity index is 1190. The Morgan fingerprint density at radius 2 is 1.61 bits per heavy atom. The van der Waals surface area contributed by atoms with Crippen LogP contribution >= 0.6 is 0 Å². The van der Waals surface area contributed by atoms with Gasteiger partial charge in [-0.2, -0.15) is 0 Å². The lowest BCUT2D eigenvalue weighted by molar-refractivity contribution is 0.1000. The number of unbranched alkanes of at least 4 members (excludes halogenated alkanes) is 1. The lowest BCUT2D eigenvalue weighted by atomic mass is 10.0. The van der Waals surface area contributed by atoms with Gasteiger partial charge in [-0.25, -0.2) is 4.79 Å². The van der Waals surface area contributed by atoms with Crippen molar-refractivity contribution < 1.29 is 14.7 Å². The molecule has 1 fully saturated rings. The molecule has 3 aromatic rings. The van der Waals surface area contributed by atoms with E-state index in [-0.39, 0.29) is 0 Å². The van der Waals surface area contributed by atoms with Gasteiger partial charge in [-0.3, -0.25) is 14.6 Å². The molecule has 1 heterocycles. The fourth-order valence-corrected chi connectivity index (χ4v) is 4.76. The lowest BCUT2D eigenvalue weighted by Gasteiger charge is -2.36. The van der Waals surface area contributed by atoms with E-state index < -0.39 is 12.0 Å². The van der Waals surface area contributed by atoms with Crippen molar-refractivity contribution in [2.75, 3.05) is 49.1 Å². The summed E-state index contributed by atoms with van der Waals surface area (Å²) in [5.41, 5.74) is 10.9. The molecular formula is C29H34N4O3. The maximum Gasteiger partial charge on any atom is 0.411 e. The molecule has 3 aromatic carbocycles. The molecule has 7 heteroatoms. The van der Waals surface area contributed by atoms with Crippen LogP contribution in [-0.2, 0) is 0 Å². The Hall–Kier alpha value is -3.84. The van der Waals surface area contributed by atoms with Crippen LogP contribution in [0.1, 0.15) is 28.8 Å². The Morgan fingerprint density at radius 1 is 0.889 bits per heavy atom. The molecule has 36 heavy (non-hydrogen) atoms. The zero-order chi connectivity index (χ0) is 25.5. The Labute approximate surface area is 212 Å². The molecule has 7 nitrogen and oxygen atoms in total. The molecule has 3 N–H and O–H groups in total. The molecule has 0 radical (unpaired) electrons. The van der Waals surface area contributed by atoms with Crippen LogP contribution in [-0.4, -0.2) is 61.3 Å². The minimum atomic E-state index is -0.953. The molecule has 0 bridgehead atoms. The van der Waals surface area contributed by atoms with Crippen molar-refractivity contribution in [3.05, 3.63) is 83.9 Å². The second-order valence-corrected chi connectivity index (χ2v) is 9.25. The number of nitrogens with zero attached hydrogens (tertiary/aromatic N) is 3. The molecule has 0 saturated carbocycles. The largest absolute Gasteiger partial charge is 0.465 e. The first-order chi connectivity index (χ1) is 17.4. The van der Waals surface area contributed by atoms with E-state index in [1.807, 2.05) is 30.3 Å². The minimum Gasteiger partial charge on any atom is -0.465 e. The summed E-state index contributed by atoms with van der Waals surface area (Å²) in [5.74, 6) is -0.473.